The number of hydrogen-bond donors (Lipinski definition) is 0. The summed E-state index contributed by atoms with van der Waals surface area (Å²) >= 11 is 0. The Bertz CT molecular complexity index is 318. The van der Waals surface area contributed by atoms with Gasteiger partial charge in [-0.05, 0) is 31.0 Å². The Hall–Kier alpha value is -1.31. The van der Waals surface area contributed by atoms with Gasteiger partial charge in [0.15, 0.2) is 0 Å². The number of carbonyl (C=O) groups is 1. The van der Waals surface area contributed by atoms with Crippen LogP contribution in [-0.4, -0.2) is 5.97 Å². The molecule has 0 bridgehead atoms. The van der Waals surface area contributed by atoms with E-state index in [1.807, 2.05) is 31.2 Å². The normalized spacial score (nSPS) is 10.0. The van der Waals surface area contributed by atoms with Gasteiger partial charge >= 0.3 is 5.97 Å². The quantitative estimate of drug-likeness (QED) is 0.419. The van der Waals surface area contributed by atoms with Crippen LogP contribution in [0.15, 0.2) is 24.3 Å². The molecule has 0 spiro atoms. The number of unbranched alkanes of at least 4 members (excludes halogenated alkanes) is 2. The largest absolute Gasteiger partial charge is 0.427 e. The van der Waals surface area contributed by atoms with E-state index in [-0.39, 0.29) is 5.97 Å². The first-order valence-corrected chi connectivity index (χ1v) is 5.49. The van der Waals surface area contributed by atoms with Gasteiger partial charge in [0.2, 0.25) is 0 Å². The summed E-state index contributed by atoms with van der Waals surface area (Å²) in [5, 5.41) is 0. The molecule has 0 aliphatic heterocycles. The van der Waals surface area contributed by atoms with Gasteiger partial charge in [0.25, 0.3) is 0 Å². The molecule has 0 N–H and O–H groups in total. The zero-order valence-corrected chi connectivity index (χ0v) is 9.45. The molecular weight excluding hydrogens is 188 g/mol. The molecule has 0 unspecified atom stereocenters. The molecule has 1 aromatic rings. The van der Waals surface area contributed by atoms with E-state index in [4.69, 9.17) is 4.74 Å². The Morgan fingerprint density at radius 1 is 1.33 bits per heavy atom. The molecule has 15 heavy (non-hydrogen) atoms. The third-order valence-corrected chi connectivity index (χ3v) is 2.21. The van der Waals surface area contributed by atoms with Crippen molar-refractivity contribution in [3.8, 4) is 5.75 Å². The predicted molar refractivity (Wildman–Crippen MR) is 61.0 cm³/mol. The minimum Gasteiger partial charge on any atom is -0.427 e. The van der Waals surface area contributed by atoms with E-state index in [0.717, 1.165) is 24.8 Å². The number of carbonyl (C=O) groups excluding carboxylic acids is 1. The molecule has 1 aromatic carbocycles. The van der Waals surface area contributed by atoms with Gasteiger partial charge in [-0.1, -0.05) is 31.9 Å². The third kappa shape index (κ3) is 4.63. The molecule has 2 nitrogen and oxygen atoms in total. The lowest BCUT2D eigenvalue weighted by molar-refractivity contribution is -0.134. The minimum atomic E-state index is -0.131. The molecule has 1 rings (SSSR count). The third-order valence-electron chi connectivity index (χ3n) is 2.21. The SMILES string of the molecule is CCCCCC(=O)Oc1cccc(C)c1. The Kier molecular flexibility index (Phi) is 4.88. The second-order valence-electron chi connectivity index (χ2n) is 3.75. The highest BCUT2D eigenvalue weighted by atomic mass is 16.5. The highest BCUT2D eigenvalue weighted by Gasteiger charge is 2.03. The monoisotopic (exact) mass is 206 g/mol. The van der Waals surface area contributed by atoms with Crippen LogP contribution >= 0.6 is 0 Å². The molecule has 2 heteroatoms. The molecule has 0 fully saturated rings. The van der Waals surface area contributed by atoms with Gasteiger partial charge in [0, 0.05) is 6.42 Å². The van der Waals surface area contributed by atoms with E-state index in [0.29, 0.717) is 12.2 Å². The first-order valence-electron chi connectivity index (χ1n) is 5.49. The smallest absolute Gasteiger partial charge is 0.311 e. The van der Waals surface area contributed by atoms with Crippen molar-refractivity contribution in [2.24, 2.45) is 0 Å². The predicted octanol–water partition coefficient (Wildman–Crippen LogP) is 3.48. The van der Waals surface area contributed by atoms with E-state index in [1.165, 1.54) is 0 Å². The standard InChI is InChI=1S/C13H18O2/c1-3-4-5-9-13(14)15-12-8-6-7-11(2)10-12/h6-8,10H,3-5,9H2,1-2H3. The number of aryl methyl sites for hydroxylation is 1. The van der Waals surface area contributed by atoms with Gasteiger partial charge in [-0.2, -0.15) is 0 Å². The van der Waals surface area contributed by atoms with Gasteiger partial charge < -0.3 is 4.74 Å². The second kappa shape index (κ2) is 6.23. The van der Waals surface area contributed by atoms with Crippen LogP contribution in [0.1, 0.15) is 38.2 Å². The van der Waals surface area contributed by atoms with Gasteiger partial charge in [-0.25, -0.2) is 0 Å². The summed E-state index contributed by atoms with van der Waals surface area (Å²) in [7, 11) is 0. The summed E-state index contributed by atoms with van der Waals surface area (Å²) in [4.78, 5) is 11.4. The van der Waals surface area contributed by atoms with Crippen molar-refractivity contribution in [2.75, 3.05) is 0 Å². The van der Waals surface area contributed by atoms with Crippen molar-refractivity contribution >= 4 is 5.97 Å². The van der Waals surface area contributed by atoms with Crippen molar-refractivity contribution in [2.45, 2.75) is 39.5 Å². The van der Waals surface area contributed by atoms with Gasteiger partial charge in [-0.3, -0.25) is 4.79 Å². The molecule has 0 heterocycles. The number of ether oxygens (including phenoxy) is 1. The molecule has 0 saturated heterocycles. The number of benzene rings is 1. The van der Waals surface area contributed by atoms with Crippen LogP contribution < -0.4 is 4.74 Å². The van der Waals surface area contributed by atoms with E-state index < -0.39 is 0 Å². The van der Waals surface area contributed by atoms with Gasteiger partial charge in [0.05, 0.1) is 0 Å². The van der Waals surface area contributed by atoms with E-state index >= 15 is 0 Å². The van der Waals surface area contributed by atoms with Crippen LogP contribution in [-0.2, 0) is 4.79 Å². The molecule has 0 saturated carbocycles. The number of esters is 1. The summed E-state index contributed by atoms with van der Waals surface area (Å²) in [6.45, 7) is 4.10. The van der Waals surface area contributed by atoms with Crippen LogP contribution in [0.5, 0.6) is 5.75 Å². The summed E-state index contributed by atoms with van der Waals surface area (Å²) in [5.41, 5.74) is 1.11. The zero-order chi connectivity index (χ0) is 11.1. The molecular formula is C13H18O2. The maximum atomic E-state index is 11.4. The van der Waals surface area contributed by atoms with E-state index in [2.05, 4.69) is 6.92 Å². The lowest BCUT2D eigenvalue weighted by atomic mass is 10.2. The van der Waals surface area contributed by atoms with E-state index in [9.17, 15) is 4.79 Å². The molecule has 0 aromatic heterocycles. The topological polar surface area (TPSA) is 26.3 Å². The Labute approximate surface area is 91.3 Å². The van der Waals surface area contributed by atoms with Crippen molar-refractivity contribution in [3.05, 3.63) is 29.8 Å². The van der Waals surface area contributed by atoms with Crippen LogP contribution in [0, 0.1) is 6.92 Å². The van der Waals surface area contributed by atoms with E-state index in [1.54, 1.807) is 0 Å². The van der Waals surface area contributed by atoms with Gasteiger partial charge in [-0.15, -0.1) is 0 Å². The first-order chi connectivity index (χ1) is 7.22. The lowest BCUT2D eigenvalue weighted by Gasteiger charge is -2.04. The van der Waals surface area contributed by atoms with Crippen LogP contribution in [0.3, 0.4) is 0 Å². The lowest BCUT2D eigenvalue weighted by Crippen LogP contribution is -2.07. The summed E-state index contributed by atoms with van der Waals surface area (Å²) < 4.78 is 5.20. The molecule has 0 amide bonds. The van der Waals surface area contributed by atoms with Gasteiger partial charge in [0.1, 0.15) is 5.75 Å². The average Bonchev–Trinajstić information content (AvgIpc) is 2.18. The molecule has 0 aliphatic carbocycles. The maximum Gasteiger partial charge on any atom is 0.311 e. The summed E-state index contributed by atoms with van der Waals surface area (Å²) in [6.07, 6.45) is 3.64. The fourth-order valence-electron chi connectivity index (χ4n) is 1.38. The Morgan fingerprint density at radius 3 is 2.80 bits per heavy atom. The van der Waals surface area contributed by atoms with Crippen molar-refractivity contribution in [3.63, 3.8) is 0 Å². The van der Waals surface area contributed by atoms with Crippen molar-refractivity contribution < 1.29 is 9.53 Å². The summed E-state index contributed by atoms with van der Waals surface area (Å²) in [6, 6.07) is 7.56. The molecule has 0 atom stereocenters. The summed E-state index contributed by atoms with van der Waals surface area (Å²) in [5.74, 6) is 0.519. The van der Waals surface area contributed by atoms with Crippen LogP contribution in [0.25, 0.3) is 0 Å². The zero-order valence-electron chi connectivity index (χ0n) is 9.45. The maximum absolute atomic E-state index is 11.4. The molecule has 0 aliphatic rings. The fraction of sp³-hybridized carbons (Fsp3) is 0.462. The average molecular weight is 206 g/mol. The highest BCUT2D eigenvalue weighted by Crippen LogP contribution is 2.13. The highest BCUT2D eigenvalue weighted by molar-refractivity contribution is 5.72. The molecule has 82 valence electrons. The van der Waals surface area contributed by atoms with Crippen LogP contribution in [0.2, 0.25) is 0 Å². The number of rotatable bonds is 5. The Balaban J connectivity index is 2.37. The van der Waals surface area contributed by atoms with Crippen molar-refractivity contribution in [1.82, 2.24) is 0 Å². The number of hydrogen-bond acceptors (Lipinski definition) is 2. The molecule has 0 radical (unpaired) electrons. The second-order valence-corrected chi connectivity index (χ2v) is 3.75. The van der Waals surface area contributed by atoms with Crippen LogP contribution in [0.4, 0.5) is 0 Å². The first kappa shape index (κ1) is 11.8. The fourth-order valence-corrected chi connectivity index (χ4v) is 1.38. The van der Waals surface area contributed by atoms with Crippen molar-refractivity contribution in [1.29, 1.82) is 0 Å². The minimum absolute atomic E-state index is 0.131. The Morgan fingerprint density at radius 2 is 2.13 bits per heavy atom.